The number of amides is 1. The van der Waals surface area contributed by atoms with Crippen LogP contribution < -0.4 is 5.32 Å². The predicted octanol–water partition coefficient (Wildman–Crippen LogP) is 3.56. The number of nitrogens with one attached hydrogen (secondary N) is 1. The van der Waals surface area contributed by atoms with Gasteiger partial charge in [0, 0.05) is 25.0 Å². The first-order valence-electron chi connectivity index (χ1n) is 9.63. The standard InChI is InChI=1S/C20H28N6O/c1-6-8-11-26-19-18(15(5)24-26)16(12-13(3)22-19)20(27)23-14(4)17-9-10-21-25(17)7-2/h9-10,12,14H,6-8,11H2,1-5H3,(H,23,27)/t14-/m1/s1. The normalized spacial score (nSPS) is 12.5. The van der Waals surface area contributed by atoms with Crippen molar-refractivity contribution in [3.63, 3.8) is 0 Å². The van der Waals surface area contributed by atoms with Gasteiger partial charge in [0.05, 0.1) is 28.4 Å². The van der Waals surface area contributed by atoms with Crippen LogP contribution in [0, 0.1) is 13.8 Å². The third kappa shape index (κ3) is 3.72. The Morgan fingerprint density at radius 1 is 1.26 bits per heavy atom. The summed E-state index contributed by atoms with van der Waals surface area (Å²) in [6.45, 7) is 11.6. The zero-order valence-corrected chi connectivity index (χ0v) is 16.8. The molecule has 0 spiro atoms. The molecule has 0 saturated heterocycles. The Morgan fingerprint density at radius 3 is 2.74 bits per heavy atom. The number of fused-ring (bicyclic) bond motifs is 1. The number of unbranched alkanes of at least 4 members (excludes halogenated alkanes) is 1. The second-order valence-corrected chi connectivity index (χ2v) is 6.94. The van der Waals surface area contributed by atoms with Crippen LogP contribution in [0.4, 0.5) is 0 Å². The minimum atomic E-state index is -0.140. The van der Waals surface area contributed by atoms with Crippen LogP contribution in [0.3, 0.4) is 0 Å². The van der Waals surface area contributed by atoms with Gasteiger partial charge in [-0.3, -0.25) is 9.48 Å². The van der Waals surface area contributed by atoms with Gasteiger partial charge in [-0.05, 0) is 46.2 Å². The number of hydrogen-bond donors (Lipinski definition) is 1. The van der Waals surface area contributed by atoms with Crippen molar-refractivity contribution in [2.45, 2.75) is 66.6 Å². The number of pyridine rings is 1. The SMILES string of the molecule is CCCCn1nc(C)c2c(C(=O)N[C@H](C)c3ccnn3CC)cc(C)nc21. The summed E-state index contributed by atoms with van der Waals surface area (Å²) in [6, 6.07) is 3.65. The lowest BCUT2D eigenvalue weighted by molar-refractivity contribution is 0.0939. The summed E-state index contributed by atoms with van der Waals surface area (Å²) in [4.78, 5) is 17.7. The Balaban J connectivity index is 1.95. The number of carbonyl (C=O) groups is 1. The van der Waals surface area contributed by atoms with Crippen molar-refractivity contribution >= 4 is 16.9 Å². The largest absolute Gasteiger partial charge is 0.344 e. The molecule has 1 atom stereocenters. The van der Waals surface area contributed by atoms with Gasteiger partial charge in [-0.25, -0.2) is 9.67 Å². The quantitative estimate of drug-likeness (QED) is 0.692. The van der Waals surface area contributed by atoms with Crippen molar-refractivity contribution < 1.29 is 4.79 Å². The first-order valence-corrected chi connectivity index (χ1v) is 9.63. The summed E-state index contributed by atoms with van der Waals surface area (Å²) >= 11 is 0. The third-order valence-electron chi connectivity index (χ3n) is 4.81. The molecule has 0 radical (unpaired) electrons. The van der Waals surface area contributed by atoms with Crippen LogP contribution in [0.5, 0.6) is 0 Å². The van der Waals surface area contributed by atoms with E-state index < -0.39 is 0 Å². The summed E-state index contributed by atoms with van der Waals surface area (Å²) in [5.41, 5.74) is 4.06. The van der Waals surface area contributed by atoms with Crippen molar-refractivity contribution in [1.82, 2.24) is 29.9 Å². The van der Waals surface area contributed by atoms with Crippen molar-refractivity contribution in [2.24, 2.45) is 0 Å². The molecule has 0 bridgehead atoms. The third-order valence-corrected chi connectivity index (χ3v) is 4.81. The number of rotatable bonds is 7. The van der Waals surface area contributed by atoms with Gasteiger partial charge in [-0.1, -0.05) is 13.3 Å². The van der Waals surface area contributed by atoms with Gasteiger partial charge in [0.2, 0.25) is 0 Å². The van der Waals surface area contributed by atoms with Crippen molar-refractivity contribution in [3.05, 3.63) is 41.0 Å². The average Bonchev–Trinajstić information content (AvgIpc) is 3.24. The van der Waals surface area contributed by atoms with Gasteiger partial charge < -0.3 is 5.32 Å². The molecule has 0 aromatic carbocycles. The molecule has 3 aromatic rings. The van der Waals surface area contributed by atoms with E-state index in [-0.39, 0.29) is 11.9 Å². The molecule has 0 fully saturated rings. The minimum Gasteiger partial charge on any atom is -0.344 e. The Hall–Kier alpha value is -2.70. The molecule has 0 saturated carbocycles. The molecule has 144 valence electrons. The predicted molar refractivity (Wildman–Crippen MR) is 106 cm³/mol. The van der Waals surface area contributed by atoms with Crippen molar-refractivity contribution in [1.29, 1.82) is 0 Å². The van der Waals surface area contributed by atoms with E-state index in [0.29, 0.717) is 5.56 Å². The number of carbonyl (C=O) groups excluding carboxylic acids is 1. The molecule has 27 heavy (non-hydrogen) atoms. The Morgan fingerprint density at radius 2 is 2.04 bits per heavy atom. The summed E-state index contributed by atoms with van der Waals surface area (Å²) in [7, 11) is 0. The molecular weight excluding hydrogens is 340 g/mol. The Kier molecular flexibility index (Phi) is 5.58. The summed E-state index contributed by atoms with van der Waals surface area (Å²) < 4.78 is 3.82. The van der Waals surface area contributed by atoms with Crippen LogP contribution >= 0.6 is 0 Å². The fourth-order valence-electron chi connectivity index (χ4n) is 3.44. The zero-order chi connectivity index (χ0) is 19.6. The van der Waals surface area contributed by atoms with Crippen LogP contribution in [0.25, 0.3) is 11.0 Å². The summed E-state index contributed by atoms with van der Waals surface area (Å²) in [5.74, 6) is -0.111. The van der Waals surface area contributed by atoms with E-state index in [1.54, 1.807) is 6.20 Å². The van der Waals surface area contributed by atoms with Crippen LogP contribution in [0.1, 0.15) is 67.1 Å². The highest BCUT2D eigenvalue weighted by Gasteiger charge is 2.21. The molecule has 0 aliphatic heterocycles. The van der Waals surface area contributed by atoms with Crippen LogP contribution in [0.2, 0.25) is 0 Å². The molecule has 7 heteroatoms. The van der Waals surface area contributed by atoms with E-state index >= 15 is 0 Å². The first kappa shape index (κ1) is 19.1. The minimum absolute atomic E-state index is 0.111. The number of aromatic nitrogens is 5. The Bertz CT molecular complexity index is 955. The monoisotopic (exact) mass is 368 g/mol. The number of nitrogens with zero attached hydrogens (tertiary/aromatic N) is 5. The summed E-state index contributed by atoms with van der Waals surface area (Å²) in [5, 5.41) is 12.9. The van der Waals surface area contributed by atoms with Crippen molar-refractivity contribution in [2.75, 3.05) is 0 Å². The maximum Gasteiger partial charge on any atom is 0.252 e. The van der Waals surface area contributed by atoms with Gasteiger partial charge in [0.15, 0.2) is 5.65 Å². The molecule has 3 rings (SSSR count). The topological polar surface area (TPSA) is 77.6 Å². The highest BCUT2D eigenvalue weighted by Crippen LogP contribution is 2.23. The van der Waals surface area contributed by atoms with E-state index in [0.717, 1.165) is 54.0 Å². The smallest absolute Gasteiger partial charge is 0.252 e. The maximum absolute atomic E-state index is 13.1. The van der Waals surface area contributed by atoms with Gasteiger partial charge >= 0.3 is 0 Å². The van der Waals surface area contributed by atoms with Gasteiger partial charge in [-0.2, -0.15) is 10.2 Å². The zero-order valence-electron chi connectivity index (χ0n) is 16.8. The highest BCUT2D eigenvalue weighted by atomic mass is 16.1. The fourth-order valence-corrected chi connectivity index (χ4v) is 3.44. The van der Waals surface area contributed by atoms with Crippen LogP contribution in [-0.2, 0) is 13.1 Å². The number of aryl methyl sites for hydroxylation is 4. The van der Waals surface area contributed by atoms with E-state index in [9.17, 15) is 4.79 Å². The molecule has 1 N–H and O–H groups in total. The van der Waals surface area contributed by atoms with Gasteiger partial charge in [0.1, 0.15) is 0 Å². The molecule has 0 aliphatic carbocycles. The first-order chi connectivity index (χ1) is 13.0. The molecule has 1 amide bonds. The Labute approximate surface area is 159 Å². The lowest BCUT2D eigenvalue weighted by atomic mass is 10.1. The molecular formula is C20H28N6O. The molecule has 3 aromatic heterocycles. The molecule has 3 heterocycles. The molecule has 0 aliphatic rings. The second-order valence-electron chi connectivity index (χ2n) is 6.94. The van der Waals surface area contributed by atoms with Gasteiger partial charge in [0.25, 0.3) is 5.91 Å². The maximum atomic E-state index is 13.1. The van der Waals surface area contributed by atoms with Crippen LogP contribution in [-0.4, -0.2) is 30.5 Å². The van der Waals surface area contributed by atoms with E-state index in [1.807, 2.05) is 49.2 Å². The lowest BCUT2D eigenvalue weighted by Crippen LogP contribution is -2.28. The van der Waals surface area contributed by atoms with E-state index in [1.165, 1.54) is 0 Å². The molecule has 0 unspecified atom stereocenters. The fraction of sp³-hybridized carbons (Fsp3) is 0.500. The van der Waals surface area contributed by atoms with Crippen LogP contribution in [0.15, 0.2) is 18.3 Å². The van der Waals surface area contributed by atoms with Gasteiger partial charge in [-0.15, -0.1) is 0 Å². The number of hydrogen-bond acceptors (Lipinski definition) is 4. The second kappa shape index (κ2) is 7.90. The van der Waals surface area contributed by atoms with E-state index in [4.69, 9.17) is 0 Å². The lowest BCUT2D eigenvalue weighted by Gasteiger charge is -2.16. The highest BCUT2D eigenvalue weighted by molar-refractivity contribution is 6.06. The molecule has 7 nitrogen and oxygen atoms in total. The van der Waals surface area contributed by atoms with E-state index in [2.05, 4.69) is 27.4 Å². The average molecular weight is 368 g/mol. The summed E-state index contributed by atoms with van der Waals surface area (Å²) in [6.07, 6.45) is 3.88. The van der Waals surface area contributed by atoms with Crippen molar-refractivity contribution in [3.8, 4) is 0 Å².